The van der Waals surface area contributed by atoms with Gasteiger partial charge in [0.25, 0.3) is 0 Å². The van der Waals surface area contributed by atoms with E-state index in [1.165, 1.54) is 96.3 Å². The fourth-order valence-corrected chi connectivity index (χ4v) is 5.87. The maximum atomic E-state index is 7.02. The predicted molar refractivity (Wildman–Crippen MR) is 99.8 cm³/mol. The van der Waals surface area contributed by atoms with Crippen molar-refractivity contribution in [2.75, 3.05) is 0 Å². The van der Waals surface area contributed by atoms with E-state index in [0.29, 0.717) is 11.8 Å². The van der Waals surface area contributed by atoms with Gasteiger partial charge in [0.05, 0.1) is 0 Å². The van der Waals surface area contributed by atoms with Gasteiger partial charge in [0, 0.05) is 0 Å². The van der Waals surface area contributed by atoms with Gasteiger partial charge in [0.2, 0.25) is 0 Å². The van der Waals surface area contributed by atoms with Crippen LogP contribution in [0.4, 0.5) is 0 Å². The summed E-state index contributed by atoms with van der Waals surface area (Å²) in [6.07, 6.45) is 20.2. The molecule has 2 rings (SSSR count). The molecule has 2 aliphatic rings. The van der Waals surface area contributed by atoms with Crippen LogP contribution in [0.5, 0.6) is 0 Å². The van der Waals surface area contributed by atoms with E-state index >= 15 is 0 Å². The second kappa shape index (κ2) is 9.77. The summed E-state index contributed by atoms with van der Waals surface area (Å²) in [5, 5.41) is 0. The van der Waals surface area contributed by atoms with Crippen LogP contribution in [-0.2, 0) is 0 Å². The van der Waals surface area contributed by atoms with Crippen molar-refractivity contribution in [3.05, 3.63) is 0 Å². The van der Waals surface area contributed by atoms with Crippen LogP contribution in [0.15, 0.2) is 0 Å². The fourth-order valence-electron chi connectivity index (χ4n) is 4.86. The third-order valence-corrected chi connectivity index (χ3v) is 7.41. The van der Waals surface area contributed by atoms with Gasteiger partial charge < -0.3 is 0 Å². The summed E-state index contributed by atoms with van der Waals surface area (Å²) in [5.74, 6) is 1.90. The second-order valence-corrected chi connectivity index (χ2v) is 9.31. The maximum Gasteiger partial charge on any atom is 0.124 e. The zero-order chi connectivity index (χ0) is 15.8. The summed E-state index contributed by atoms with van der Waals surface area (Å²) in [5.41, 5.74) is 0. The van der Waals surface area contributed by atoms with Crippen LogP contribution in [0.3, 0.4) is 0 Å². The minimum absolute atomic E-state index is 0.449. The van der Waals surface area contributed by atoms with Gasteiger partial charge in [-0.2, -0.15) is 0 Å². The molecule has 0 aliphatic heterocycles. The van der Waals surface area contributed by atoms with Crippen molar-refractivity contribution in [3.63, 3.8) is 0 Å². The molecular formula is C20H36Cl2. The lowest BCUT2D eigenvalue weighted by atomic mass is 9.78. The van der Waals surface area contributed by atoms with Crippen LogP contribution < -0.4 is 0 Å². The van der Waals surface area contributed by atoms with Crippen molar-refractivity contribution < 1.29 is 0 Å². The molecule has 0 N–H and O–H groups in total. The summed E-state index contributed by atoms with van der Waals surface area (Å²) in [6.45, 7) is 2.28. The molecule has 0 saturated heterocycles. The first-order valence-electron chi connectivity index (χ1n) is 10.0. The number of rotatable bonds is 10. The first-order valence-corrected chi connectivity index (χ1v) is 10.8. The first-order chi connectivity index (χ1) is 10.7. The van der Waals surface area contributed by atoms with E-state index < -0.39 is 4.33 Å². The molecule has 0 heterocycles. The molecule has 1 atom stereocenters. The molecule has 2 saturated carbocycles. The van der Waals surface area contributed by atoms with Crippen molar-refractivity contribution in [2.45, 2.75) is 108 Å². The molecule has 0 aromatic heterocycles. The van der Waals surface area contributed by atoms with Gasteiger partial charge in [0.1, 0.15) is 4.33 Å². The van der Waals surface area contributed by atoms with Crippen LogP contribution in [0.1, 0.15) is 103 Å². The van der Waals surface area contributed by atoms with E-state index in [2.05, 4.69) is 6.92 Å². The predicted octanol–water partition coefficient (Wildman–Crippen LogP) is 7.91. The Morgan fingerprint density at radius 2 is 1.36 bits per heavy atom. The van der Waals surface area contributed by atoms with Crippen LogP contribution >= 0.6 is 23.2 Å². The summed E-state index contributed by atoms with van der Waals surface area (Å²) in [6, 6.07) is 0. The minimum atomic E-state index is -0.449. The number of alkyl halides is 2. The number of unbranched alkanes of at least 4 members (excludes halogenated alkanes) is 5. The molecule has 0 aromatic carbocycles. The zero-order valence-corrected chi connectivity index (χ0v) is 16.1. The second-order valence-electron chi connectivity index (χ2n) is 7.86. The molecule has 0 nitrogen and oxygen atoms in total. The lowest BCUT2D eigenvalue weighted by Gasteiger charge is -2.39. The molecule has 0 aromatic rings. The molecule has 0 radical (unpaired) electrons. The van der Waals surface area contributed by atoms with Crippen molar-refractivity contribution in [2.24, 2.45) is 17.8 Å². The highest BCUT2D eigenvalue weighted by atomic mass is 35.5. The van der Waals surface area contributed by atoms with Gasteiger partial charge in [-0.05, 0) is 37.0 Å². The van der Waals surface area contributed by atoms with Crippen LogP contribution in [0.2, 0.25) is 0 Å². The average Bonchev–Trinajstić information content (AvgIpc) is 3.19. The van der Waals surface area contributed by atoms with E-state index in [0.717, 1.165) is 5.92 Å². The average molecular weight is 347 g/mol. The standard InChI is InChI=1S/C20H36Cl2/c1-2-3-4-5-6-7-16-19(17-12-8-9-13-17)20(21,22)18-14-10-11-15-18/h17-19H,2-16H2,1H3. The molecule has 1 unspecified atom stereocenters. The van der Waals surface area contributed by atoms with E-state index in [9.17, 15) is 0 Å². The summed E-state index contributed by atoms with van der Waals surface area (Å²) in [4.78, 5) is 0. The highest BCUT2D eigenvalue weighted by molar-refractivity contribution is 6.48. The minimum Gasteiger partial charge on any atom is -0.101 e. The van der Waals surface area contributed by atoms with E-state index in [1.807, 2.05) is 0 Å². The monoisotopic (exact) mass is 346 g/mol. The normalized spacial score (nSPS) is 22.5. The highest BCUT2D eigenvalue weighted by Gasteiger charge is 2.46. The van der Waals surface area contributed by atoms with Crippen molar-refractivity contribution in [1.82, 2.24) is 0 Å². The quantitative estimate of drug-likeness (QED) is 0.278. The number of hydrogen-bond acceptors (Lipinski definition) is 0. The molecule has 0 amide bonds. The smallest absolute Gasteiger partial charge is 0.101 e. The van der Waals surface area contributed by atoms with Gasteiger partial charge in [-0.25, -0.2) is 0 Å². The van der Waals surface area contributed by atoms with E-state index in [-0.39, 0.29) is 0 Å². The van der Waals surface area contributed by atoms with Gasteiger partial charge in [-0.3, -0.25) is 0 Å². The summed E-state index contributed by atoms with van der Waals surface area (Å²) >= 11 is 14.0. The van der Waals surface area contributed by atoms with Crippen molar-refractivity contribution in [3.8, 4) is 0 Å². The van der Waals surface area contributed by atoms with E-state index in [4.69, 9.17) is 23.2 Å². The first kappa shape index (κ1) is 18.9. The Kier molecular flexibility index (Phi) is 8.40. The number of halogens is 2. The highest BCUT2D eigenvalue weighted by Crippen LogP contribution is 2.52. The SMILES string of the molecule is CCCCCCCCC(C1CCCC1)C(Cl)(Cl)C1CCCC1. The van der Waals surface area contributed by atoms with Crippen LogP contribution in [0.25, 0.3) is 0 Å². The maximum absolute atomic E-state index is 7.02. The summed E-state index contributed by atoms with van der Waals surface area (Å²) in [7, 11) is 0. The van der Waals surface area contributed by atoms with Gasteiger partial charge >= 0.3 is 0 Å². The van der Waals surface area contributed by atoms with Crippen molar-refractivity contribution >= 4 is 23.2 Å². The van der Waals surface area contributed by atoms with Gasteiger partial charge in [0.15, 0.2) is 0 Å². The molecular weight excluding hydrogens is 311 g/mol. The van der Waals surface area contributed by atoms with Crippen LogP contribution in [-0.4, -0.2) is 4.33 Å². The molecule has 0 bridgehead atoms. The Labute approximate surface area is 148 Å². The molecule has 2 fully saturated rings. The molecule has 2 heteroatoms. The Morgan fingerprint density at radius 3 is 2.00 bits per heavy atom. The Bertz CT molecular complexity index is 288. The molecule has 0 spiro atoms. The molecule has 2 aliphatic carbocycles. The van der Waals surface area contributed by atoms with Gasteiger partial charge in [-0.1, -0.05) is 84.0 Å². The lowest BCUT2D eigenvalue weighted by Crippen LogP contribution is -2.37. The third-order valence-electron chi connectivity index (χ3n) is 6.23. The molecule has 130 valence electrons. The lowest BCUT2D eigenvalue weighted by molar-refractivity contribution is 0.230. The van der Waals surface area contributed by atoms with Gasteiger partial charge in [-0.15, -0.1) is 23.2 Å². The third kappa shape index (κ3) is 5.30. The Hall–Kier alpha value is 0.580. The number of hydrogen-bond donors (Lipinski definition) is 0. The van der Waals surface area contributed by atoms with Crippen LogP contribution in [0, 0.1) is 17.8 Å². The topological polar surface area (TPSA) is 0 Å². The van der Waals surface area contributed by atoms with Crippen molar-refractivity contribution in [1.29, 1.82) is 0 Å². The Morgan fingerprint density at radius 1 is 0.818 bits per heavy atom. The fraction of sp³-hybridized carbons (Fsp3) is 1.00. The largest absolute Gasteiger partial charge is 0.124 e. The molecule has 22 heavy (non-hydrogen) atoms. The summed E-state index contributed by atoms with van der Waals surface area (Å²) < 4.78 is -0.449. The van der Waals surface area contributed by atoms with E-state index in [1.54, 1.807) is 0 Å². The zero-order valence-electron chi connectivity index (χ0n) is 14.6. The Balaban J connectivity index is 1.85.